The van der Waals surface area contributed by atoms with Gasteiger partial charge in [0.2, 0.25) is 0 Å². The molecule has 0 aliphatic rings. The second-order valence-corrected chi connectivity index (χ2v) is 3.56. The summed E-state index contributed by atoms with van der Waals surface area (Å²) in [7, 11) is 0. The van der Waals surface area contributed by atoms with E-state index in [1.54, 1.807) is 6.08 Å². The molecule has 0 bridgehead atoms. The molecule has 0 fully saturated rings. The first-order valence-electron chi connectivity index (χ1n) is 4.07. The molecule has 0 heterocycles. The SMILES string of the molecule is OCCC=Cc1cc(F)c(Br)cc1F. The smallest absolute Gasteiger partial charge is 0.138 e. The van der Waals surface area contributed by atoms with Gasteiger partial charge in [-0.15, -0.1) is 0 Å². The van der Waals surface area contributed by atoms with Crippen LogP contribution < -0.4 is 0 Å². The molecule has 4 heteroatoms. The summed E-state index contributed by atoms with van der Waals surface area (Å²) in [6.45, 7) is -0.00285. The molecule has 0 unspecified atom stereocenters. The number of aliphatic hydroxyl groups excluding tert-OH is 1. The van der Waals surface area contributed by atoms with Crippen molar-refractivity contribution in [1.82, 2.24) is 0 Å². The Kier molecular flexibility index (Phi) is 4.22. The quantitative estimate of drug-likeness (QED) is 0.830. The number of hydrogen-bond donors (Lipinski definition) is 1. The zero-order valence-electron chi connectivity index (χ0n) is 7.30. The molecule has 0 amide bonds. The predicted octanol–water partition coefficient (Wildman–Crippen LogP) is 3.12. The summed E-state index contributed by atoms with van der Waals surface area (Å²) in [5.41, 5.74) is 0.180. The summed E-state index contributed by atoms with van der Waals surface area (Å²) in [4.78, 5) is 0. The van der Waals surface area contributed by atoms with Crippen molar-refractivity contribution in [3.8, 4) is 0 Å². The van der Waals surface area contributed by atoms with Gasteiger partial charge in [0.1, 0.15) is 11.6 Å². The number of benzene rings is 1. The molecule has 76 valence electrons. The Balaban J connectivity index is 2.92. The lowest BCUT2D eigenvalue weighted by Gasteiger charge is -1.99. The zero-order valence-corrected chi connectivity index (χ0v) is 8.89. The molecule has 14 heavy (non-hydrogen) atoms. The third-order valence-corrected chi connectivity index (χ3v) is 2.24. The molecular formula is C10H9BrF2O. The molecule has 0 atom stereocenters. The van der Waals surface area contributed by atoms with Crippen molar-refractivity contribution in [3.05, 3.63) is 39.9 Å². The number of aliphatic hydroxyl groups is 1. The van der Waals surface area contributed by atoms with E-state index in [0.717, 1.165) is 12.1 Å². The summed E-state index contributed by atoms with van der Waals surface area (Å²) >= 11 is 2.88. The largest absolute Gasteiger partial charge is 0.396 e. The van der Waals surface area contributed by atoms with E-state index < -0.39 is 11.6 Å². The van der Waals surface area contributed by atoms with Crippen LogP contribution in [0.1, 0.15) is 12.0 Å². The fraction of sp³-hybridized carbons (Fsp3) is 0.200. The Morgan fingerprint density at radius 1 is 1.29 bits per heavy atom. The van der Waals surface area contributed by atoms with Crippen LogP contribution in [-0.2, 0) is 0 Å². The molecule has 0 saturated carbocycles. The molecule has 0 aliphatic carbocycles. The van der Waals surface area contributed by atoms with Crippen molar-refractivity contribution in [2.75, 3.05) is 6.61 Å². The van der Waals surface area contributed by atoms with Crippen molar-refractivity contribution in [2.24, 2.45) is 0 Å². The third-order valence-electron chi connectivity index (χ3n) is 1.63. The maximum Gasteiger partial charge on any atom is 0.138 e. The fourth-order valence-corrected chi connectivity index (χ4v) is 1.27. The van der Waals surface area contributed by atoms with Gasteiger partial charge in [0.05, 0.1) is 4.47 Å². The first-order valence-corrected chi connectivity index (χ1v) is 4.86. The number of rotatable bonds is 3. The van der Waals surface area contributed by atoms with Gasteiger partial charge in [-0.2, -0.15) is 0 Å². The highest BCUT2D eigenvalue weighted by molar-refractivity contribution is 9.10. The van der Waals surface area contributed by atoms with Gasteiger partial charge >= 0.3 is 0 Å². The first kappa shape index (κ1) is 11.3. The van der Waals surface area contributed by atoms with Crippen LogP contribution in [0.2, 0.25) is 0 Å². The molecule has 1 aromatic carbocycles. The summed E-state index contributed by atoms with van der Waals surface area (Å²) in [6.07, 6.45) is 3.46. The standard InChI is InChI=1S/C10H9BrF2O/c11-8-6-9(12)7(5-10(8)13)3-1-2-4-14/h1,3,5-6,14H,2,4H2. The number of hydrogen-bond acceptors (Lipinski definition) is 1. The monoisotopic (exact) mass is 262 g/mol. The zero-order chi connectivity index (χ0) is 10.6. The minimum Gasteiger partial charge on any atom is -0.396 e. The molecule has 0 aliphatic heterocycles. The van der Waals surface area contributed by atoms with Crippen molar-refractivity contribution in [1.29, 1.82) is 0 Å². The lowest BCUT2D eigenvalue weighted by atomic mass is 10.2. The van der Waals surface area contributed by atoms with Crippen LogP contribution in [-0.4, -0.2) is 11.7 Å². The third kappa shape index (κ3) is 2.89. The minimum absolute atomic E-state index is 0.00285. The molecule has 1 rings (SSSR count). The Bertz CT molecular complexity index is 350. The van der Waals surface area contributed by atoms with E-state index in [9.17, 15) is 8.78 Å². The van der Waals surface area contributed by atoms with Crippen LogP contribution in [0, 0.1) is 11.6 Å². The van der Waals surface area contributed by atoms with Crippen LogP contribution in [0.4, 0.5) is 8.78 Å². The van der Waals surface area contributed by atoms with Gasteiger partial charge < -0.3 is 5.11 Å². The highest BCUT2D eigenvalue weighted by atomic mass is 79.9. The summed E-state index contributed by atoms with van der Waals surface area (Å²) < 4.78 is 26.2. The van der Waals surface area contributed by atoms with Gasteiger partial charge in [0, 0.05) is 12.2 Å². The van der Waals surface area contributed by atoms with Crippen molar-refractivity contribution < 1.29 is 13.9 Å². The van der Waals surface area contributed by atoms with E-state index in [0.29, 0.717) is 6.42 Å². The summed E-state index contributed by atoms with van der Waals surface area (Å²) in [5, 5.41) is 8.49. The molecule has 0 saturated heterocycles. The van der Waals surface area contributed by atoms with Crippen LogP contribution in [0.5, 0.6) is 0 Å². The van der Waals surface area contributed by atoms with E-state index in [2.05, 4.69) is 15.9 Å². The Labute approximate surface area is 89.2 Å². The van der Waals surface area contributed by atoms with E-state index in [-0.39, 0.29) is 16.6 Å². The van der Waals surface area contributed by atoms with E-state index >= 15 is 0 Å². The normalized spacial score (nSPS) is 11.1. The summed E-state index contributed by atoms with van der Waals surface area (Å²) in [6, 6.07) is 2.18. The molecule has 1 N–H and O–H groups in total. The second-order valence-electron chi connectivity index (χ2n) is 2.70. The average molecular weight is 263 g/mol. The molecule has 1 nitrogen and oxygen atoms in total. The van der Waals surface area contributed by atoms with E-state index in [4.69, 9.17) is 5.11 Å². The van der Waals surface area contributed by atoms with Crippen molar-refractivity contribution >= 4 is 22.0 Å². The van der Waals surface area contributed by atoms with Gasteiger partial charge in [-0.3, -0.25) is 0 Å². The Morgan fingerprint density at radius 2 is 2.00 bits per heavy atom. The van der Waals surface area contributed by atoms with Gasteiger partial charge in [0.25, 0.3) is 0 Å². The second kappa shape index (κ2) is 5.22. The molecule has 0 spiro atoms. The molecule has 0 radical (unpaired) electrons. The lowest BCUT2D eigenvalue weighted by molar-refractivity contribution is 0.303. The maximum absolute atomic E-state index is 13.1. The minimum atomic E-state index is -0.505. The predicted molar refractivity (Wildman–Crippen MR) is 54.8 cm³/mol. The van der Waals surface area contributed by atoms with E-state index in [1.165, 1.54) is 6.08 Å². The average Bonchev–Trinajstić information content (AvgIpc) is 2.14. The molecule has 0 aromatic heterocycles. The molecule has 1 aromatic rings. The fourth-order valence-electron chi connectivity index (χ4n) is 0.951. The van der Waals surface area contributed by atoms with Gasteiger partial charge in [-0.05, 0) is 34.5 Å². The van der Waals surface area contributed by atoms with Crippen molar-refractivity contribution in [3.63, 3.8) is 0 Å². The number of halogens is 3. The van der Waals surface area contributed by atoms with Crippen LogP contribution in [0.25, 0.3) is 6.08 Å². The highest BCUT2D eigenvalue weighted by Crippen LogP contribution is 2.20. The van der Waals surface area contributed by atoms with E-state index in [1.807, 2.05) is 0 Å². The van der Waals surface area contributed by atoms with Gasteiger partial charge in [-0.1, -0.05) is 12.2 Å². The maximum atomic E-state index is 13.1. The molecular weight excluding hydrogens is 254 g/mol. The highest BCUT2D eigenvalue weighted by Gasteiger charge is 2.05. The topological polar surface area (TPSA) is 20.2 Å². The summed E-state index contributed by atoms with van der Waals surface area (Å²) in [5.74, 6) is -0.998. The Hall–Kier alpha value is -0.740. The van der Waals surface area contributed by atoms with Crippen molar-refractivity contribution in [2.45, 2.75) is 6.42 Å². The van der Waals surface area contributed by atoms with Gasteiger partial charge in [0.15, 0.2) is 0 Å². The van der Waals surface area contributed by atoms with Crippen LogP contribution in [0.3, 0.4) is 0 Å². The first-order chi connectivity index (χ1) is 6.65. The lowest BCUT2D eigenvalue weighted by Crippen LogP contribution is -1.86. The van der Waals surface area contributed by atoms with Crippen LogP contribution >= 0.6 is 15.9 Å². The van der Waals surface area contributed by atoms with Gasteiger partial charge in [-0.25, -0.2) is 8.78 Å². The van der Waals surface area contributed by atoms with Crippen LogP contribution in [0.15, 0.2) is 22.7 Å². The Morgan fingerprint density at radius 3 is 2.64 bits per heavy atom.